The zero-order valence-corrected chi connectivity index (χ0v) is 8.40. The predicted octanol–water partition coefficient (Wildman–Crippen LogP) is 1.65. The van der Waals surface area contributed by atoms with E-state index in [1.807, 2.05) is 12.1 Å². The highest BCUT2D eigenvalue weighted by atomic mass is 16.5. The molecule has 80 valence electrons. The first kappa shape index (κ1) is 9.83. The van der Waals surface area contributed by atoms with Crippen LogP contribution >= 0.6 is 0 Å². The Hall–Kier alpha value is -1.71. The lowest BCUT2D eigenvalue weighted by Crippen LogP contribution is -2.07. The van der Waals surface area contributed by atoms with Crippen LogP contribution in [0.2, 0.25) is 0 Å². The van der Waals surface area contributed by atoms with Crippen LogP contribution in [0, 0.1) is 0 Å². The molecular weight excluding hydrogens is 196 g/mol. The van der Waals surface area contributed by atoms with Crippen LogP contribution < -0.4 is 9.47 Å². The topological polar surface area (TPSA) is 55.8 Å². The van der Waals surface area contributed by atoms with Crippen molar-refractivity contribution in [2.24, 2.45) is 0 Å². The van der Waals surface area contributed by atoms with Crippen molar-refractivity contribution in [1.82, 2.24) is 0 Å². The summed E-state index contributed by atoms with van der Waals surface area (Å²) in [5.41, 5.74) is 0.957. The Kier molecular flexibility index (Phi) is 2.49. The summed E-state index contributed by atoms with van der Waals surface area (Å²) in [4.78, 5) is 10.6. The first-order chi connectivity index (χ1) is 7.20. The molecule has 1 atom stereocenters. The van der Waals surface area contributed by atoms with E-state index in [4.69, 9.17) is 14.6 Å². The molecule has 1 heterocycles. The van der Waals surface area contributed by atoms with Gasteiger partial charge in [-0.15, -0.1) is 0 Å². The van der Waals surface area contributed by atoms with Crippen molar-refractivity contribution in [2.45, 2.75) is 12.3 Å². The monoisotopic (exact) mass is 208 g/mol. The zero-order chi connectivity index (χ0) is 10.8. The number of fused-ring (bicyclic) bond motifs is 1. The Morgan fingerprint density at radius 2 is 2.47 bits per heavy atom. The van der Waals surface area contributed by atoms with Crippen LogP contribution in [0.15, 0.2) is 18.2 Å². The molecule has 0 radical (unpaired) electrons. The maximum absolute atomic E-state index is 10.6. The first-order valence-electron chi connectivity index (χ1n) is 4.73. The average Bonchev–Trinajstić information content (AvgIpc) is 2.60. The van der Waals surface area contributed by atoms with Crippen molar-refractivity contribution in [3.05, 3.63) is 23.8 Å². The van der Waals surface area contributed by atoms with E-state index in [0.717, 1.165) is 17.1 Å². The normalized spacial score (nSPS) is 18.1. The second-order valence-corrected chi connectivity index (χ2v) is 3.51. The molecule has 0 spiro atoms. The van der Waals surface area contributed by atoms with E-state index in [1.54, 1.807) is 13.2 Å². The fourth-order valence-electron chi connectivity index (χ4n) is 1.76. The summed E-state index contributed by atoms with van der Waals surface area (Å²) in [6.45, 7) is 0.439. The van der Waals surface area contributed by atoms with Gasteiger partial charge in [0.25, 0.3) is 0 Å². The number of hydrogen-bond donors (Lipinski definition) is 1. The summed E-state index contributed by atoms with van der Waals surface area (Å²) in [6.07, 6.45) is 0.110. The van der Waals surface area contributed by atoms with Gasteiger partial charge in [0.05, 0.1) is 20.1 Å². The third kappa shape index (κ3) is 1.88. The lowest BCUT2D eigenvalue weighted by Gasteiger charge is -2.05. The van der Waals surface area contributed by atoms with Gasteiger partial charge in [-0.2, -0.15) is 0 Å². The first-order valence-corrected chi connectivity index (χ1v) is 4.73. The number of carboxylic acids is 1. The van der Waals surface area contributed by atoms with E-state index in [2.05, 4.69) is 0 Å². The average molecular weight is 208 g/mol. The maximum atomic E-state index is 10.6. The zero-order valence-electron chi connectivity index (χ0n) is 8.40. The van der Waals surface area contributed by atoms with E-state index in [-0.39, 0.29) is 12.3 Å². The highest BCUT2D eigenvalue weighted by Gasteiger charge is 2.26. The van der Waals surface area contributed by atoms with Crippen LogP contribution in [0.3, 0.4) is 0 Å². The van der Waals surface area contributed by atoms with Crippen LogP contribution in [0.5, 0.6) is 11.5 Å². The molecule has 0 saturated heterocycles. The van der Waals surface area contributed by atoms with Gasteiger partial charge in [0, 0.05) is 17.5 Å². The highest BCUT2D eigenvalue weighted by Crippen LogP contribution is 2.37. The molecule has 0 aromatic heterocycles. The lowest BCUT2D eigenvalue weighted by atomic mass is 9.98. The number of benzene rings is 1. The summed E-state index contributed by atoms with van der Waals surface area (Å²) in [7, 11) is 1.59. The number of rotatable bonds is 3. The van der Waals surface area contributed by atoms with Gasteiger partial charge in [0.15, 0.2) is 0 Å². The number of ether oxygens (including phenoxy) is 2. The molecule has 1 aromatic rings. The number of carboxylic acid groups (broad SMARTS) is 1. The quantitative estimate of drug-likeness (QED) is 0.820. The molecule has 0 fully saturated rings. The summed E-state index contributed by atoms with van der Waals surface area (Å²) in [6, 6.07) is 5.48. The van der Waals surface area contributed by atoms with Gasteiger partial charge in [-0.1, -0.05) is 6.07 Å². The van der Waals surface area contributed by atoms with Gasteiger partial charge in [0.1, 0.15) is 11.5 Å². The molecular formula is C11H12O4. The largest absolute Gasteiger partial charge is 0.497 e. The van der Waals surface area contributed by atoms with Gasteiger partial charge in [-0.25, -0.2) is 0 Å². The summed E-state index contributed by atoms with van der Waals surface area (Å²) < 4.78 is 10.5. The molecule has 1 aliphatic heterocycles. The third-order valence-corrected chi connectivity index (χ3v) is 2.52. The Morgan fingerprint density at radius 1 is 1.67 bits per heavy atom. The Balaban J connectivity index is 2.24. The van der Waals surface area contributed by atoms with Crippen LogP contribution in [0.1, 0.15) is 17.9 Å². The maximum Gasteiger partial charge on any atom is 0.304 e. The van der Waals surface area contributed by atoms with Gasteiger partial charge in [-0.3, -0.25) is 4.79 Å². The fourth-order valence-corrected chi connectivity index (χ4v) is 1.76. The Morgan fingerprint density at radius 3 is 3.13 bits per heavy atom. The summed E-state index contributed by atoms with van der Waals surface area (Å²) >= 11 is 0. The SMILES string of the molecule is COc1ccc2c(c1)OC[C@H]2CC(=O)O. The second kappa shape index (κ2) is 3.81. The molecule has 1 aliphatic rings. The number of carbonyl (C=O) groups is 1. The Labute approximate surface area is 87.4 Å². The molecule has 0 unspecified atom stereocenters. The molecule has 2 rings (SSSR count). The smallest absolute Gasteiger partial charge is 0.304 e. The van der Waals surface area contributed by atoms with Crippen molar-refractivity contribution >= 4 is 5.97 Å². The van der Waals surface area contributed by atoms with Crippen LogP contribution in [-0.2, 0) is 4.79 Å². The molecule has 0 amide bonds. The van der Waals surface area contributed by atoms with E-state index in [1.165, 1.54) is 0 Å². The highest BCUT2D eigenvalue weighted by molar-refractivity contribution is 5.68. The molecule has 0 saturated carbocycles. The summed E-state index contributed by atoms with van der Waals surface area (Å²) in [5.74, 6) is 0.626. The number of aliphatic carboxylic acids is 1. The van der Waals surface area contributed by atoms with E-state index in [0.29, 0.717) is 6.61 Å². The molecule has 0 aliphatic carbocycles. The molecule has 1 aromatic carbocycles. The molecule has 1 N–H and O–H groups in total. The van der Waals surface area contributed by atoms with Crippen molar-refractivity contribution < 1.29 is 19.4 Å². The summed E-state index contributed by atoms with van der Waals surface area (Å²) in [5, 5.41) is 8.72. The van der Waals surface area contributed by atoms with E-state index < -0.39 is 5.97 Å². The Bertz CT molecular complexity index is 386. The standard InChI is InChI=1S/C11H12O4/c1-14-8-2-3-9-7(4-11(12)13)6-15-10(9)5-8/h2-3,5,7H,4,6H2,1H3,(H,12,13)/t7-/m1/s1. The van der Waals surface area contributed by atoms with Crippen LogP contribution in [0.25, 0.3) is 0 Å². The second-order valence-electron chi connectivity index (χ2n) is 3.51. The van der Waals surface area contributed by atoms with Crippen molar-refractivity contribution in [3.8, 4) is 11.5 Å². The van der Waals surface area contributed by atoms with Gasteiger partial charge < -0.3 is 14.6 Å². The third-order valence-electron chi connectivity index (χ3n) is 2.52. The molecule has 15 heavy (non-hydrogen) atoms. The molecule has 0 bridgehead atoms. The van der Waals surface area contributed by atoms with Crippen molar-refractivity contribution in [1.29, 1.82) is 0 Å². The van der Waals surface area contributed by atoms with Gasteiger partial charge in [-0.05, 0) is 6.07 Å². The van der Waals surface area contributed by atoms with Crippen LogP contribution in [-0.4, -0.2) is 24.8 Å². The lowest BCUT2D eigenvalue weighted by molar-refractivity contribution is -0.137. The predicted molar refractivity (Wildman–Crippen MR) is 53.5 cm³/mol. The molecule has 4 nitrogen and oxygen atoms in total. The number of methoxy groups -OCH3 is 1. The van der Waals surface area contributed by atoms with Crippen molar-refractivity contribution in [2.75, 3.05) is 13.7 Å². The fraction of sp³-hybridized carbons (Fsp3) is 0.364. The molecule has 4 heteroatoms. The van der Waals surface area contributed by atoms with Crippen molar-refractivity contribution in [3.63, 3.8) is 0 Å². The van der Waals surface area contributed by atoms with E-state index in [9.17, 15) is 4.79 Å². The minimum absolute atomic E-state index is 0.0385. The number of hydrogen-bond acceptors (Lipinski definition) is 3. The van der Waals surface area contributed by atoms with Crippen LogP contribution in [0.4, 0.5) is 0 Å². The minimum atomic E-state index is -0.799. The van der Waals surface area contributed by atoms with Gasteiger partial charge >= 0.3 is 5.97 Å². The van der Waals surface area contributed by atoms with Gasteiger partial charge in [0.2, 0.25) is 0 Å². The minimum Gasteiger partial charge on any atom is -0.497 e. The van der Waals surface area contributed by atoms with E-state index >= 15 is 0 Å².